The molecule has 0 radical (unpaired) electrons. The van der Waals surface area contributed by atoms with E-state index in [1.54, 1.807) is 26.0 Å². The fourth-order valence-electron chi connectivity index (χ4n) is 3.18. The van der Waals surface area contributed by atoms with E-state index >= 15 is 0 Å². The van der Waals surface area contributed by atoms with Gasteiger partial charge < -0.3 is 14.4 Å². The van der Waals surface area contributed by atoms with Crippen LogP contribution in [0.5, 0.6) is 11.5 Å². The molecule has 0 spiro atoms. The molecule has 1 amide bonds. The Labute approximate surface area is 164 Å². The fourth-order valence-corrected chi connectivity index (χ4v) is 4.21. The van der Waals surface area contributed by atoms with Gasteiger partial charge in [-0.1, -0.05) is 6.07 Å². The summed E-state index contributed by atoms with van der Waals surface area (Å²) in [6.45, 7) is 4.76. The molecule has 1 aromatic heterocycles. The number of benzene rings is 1. The zero-order chi connectivity index (χ0) is 19.6. The molecule has 0 unspecified atom stereocenters. The van der Waals surface area contributed by atoms with E-state index in [-0.39, 0.29) is 5.91 Å². The summed E-state index contributed by atoms with van der Waals surface area (Å²) in [4.78, 5) is 14.8. The van der Waals surface area contributed by atoms with Crippen LogP contribution in [0.4, 0.5) is 0 Å². The van der Waals surface area contributed by atoms with Crippen molar-refractivity contribution in [3.8, 4) is 11.5 Å². The van der Waals surface area contributed by atoms with Crippen molar-refractivity contribution in [3.05, 3.63) is 45.7 Å². The highest BCUT2D eigenvalue weighted by Crippen LogP contribution is 2.33. The zero-order valence-corrected chi connectivity index (χ0v) is 17.2. The van der Waals surface area contributed by atoms with Crippen molar-refractivity contribution in [1.29, 1.82) is 0 Å². The number of carbonyl (C=O) groups excluding carboxylic acids is 1. The van der Waals surface area contributed by atoms with Crippen molar-refractivity contribution in [2.45, 2.75) is 20.3 Å². The molecule has 0 bridgehead atoms. The molecule has 1 aromatic carbocycles. The quantitative estimate of drug-likeness (QED) is 0.789. The molecule has 1 aliphatic heterocycles. The Morgan fingerprint density at radius 3 is 2.63 bits per heavy atom. The average molecular weight is 388 g/mol. The van der Waals surface area contributed by atoms with E-state index in [2.05, 4.69) is 11.2 Å². The van der Waals surface area contributed by atoms with Gasteiger partial charge in [-0.2, -0.15) is 5.10 Å². The van der Waals surface area contributed by atoms with Crippen LogP contribution >= 0.6 is 11.8 Å². The lowest BCUT2D eigenvalue weighted by molar-refractivity contribution is -0.127. The second-order valence-electron chi connectivity index (χ2n) is 6.45. The van der Waals surface area contributed by atoms with Crippen molar-refractivity contribution >= 4 is 23.7 Å². The first-order chi connectivity index (χ1) is 12.9. The van der Waals surface area contributed by atoms with E-state index < -0.39 is 0 Å². The molecule has 1 saturated heterocycles. The number of carbonyl (C=O) groups is 1. The third-order valence-corrected chi connectivity index (χ3v) is 5.79. The topological polar surface area (TPSA) is 56.6 Å². The van der Waals surface area contributed by atoms with Crippen molar-refractivity contribution in [2.75, 3.05) is 26.5 Å². The fraction of sp³-hybridized carbons (Fsp3) is 0.400. The molecule has 27 heavy (non-hydrogen) atoms. The van der Waals surface area contributed by atoms with Gasteiger partial charge in [0, 0.05) is 30.6 Å². The molecule has 2 aromatic rings. The highest BCUT2D eigenvalue weighted by molar-refractivity contribution is 8.03. The largest absolute Gasteiger partial charge is 0.493 e. The molecule has 0 atom stereocenters. The van der Waals surface area contributed by atoms with E-state index in [4.69, 9.17) is 9.47 Å². The summed E-state index contributed by atoms with van der Waals surface area (Å²) in [5.41, 5.74) is 4.07. The van der Waals surface area contributed by atoms with E-state index in [1.165, 1.54) is 0 Å². The number of aromatic nitrogens is 2. The van der Waals surface area contributed by atoms with Gasteiger partial charge in [0.05, 0.1) is 31.4 Å². The van der Waals surface area contributed by atoms with Crippen LogP contribution in [0.15, 0.2) is 23.2 Å². The maximum Gasteiger partial charge on any atom is 0.231 e. The molecule has 3 rings (SSSR count). The minimum atomic E-state index is 0.0812. The maximum atomic E-state index is 12.9. The lowest BCUT2D eigenvalue weighted by atomic mass is 10.1. The highest BCUT2D eigenvalue weighted by atomic mass is 32.2. The van der Waals surface area contributed by atoms with Crippen LogP contribution in [-0.2, 0) is 18.3 Å². The molecule has 2 heterocycles. The minimum absolute atomic E-state index is 0.0812. The van der Waals surface area contributed by atoms with Crippen molar-refractivity contribution in [2.24, 2.45) is 7.05 Å². The lowest BCUT2D eigenvalue weighted by Gasteiger charge is -2.18. The van der Waals surface area contributed by atoms with Gasteiger partial charge >= 0.3 is 0 Å². The van der Waals surface area contributed by atoms with E-state index in [0.29, 0.717) is 17.9 Å². The highest BCUT2D eigenvalue weighted by Gasteiger charge is 2.25. The summed E-state index contributed by atoms with van der Waals surface area (Å²) in [5.74, 6) is 2.28. The Morgan fingerprint density at radius 2 is 2.00 bits per heavy atom. The van der Waals surface area contributed by atoms with Crippen LogP contribution in [-0.4, -0.2) is 47.1 Å². The predicted octanol–water partition coefficient (Wildman–Crippen LogP) is 3.17. The molecule has 0 N–H and O–H groups in total. The monoisotopic (exact) mass is 387 g/mol. The first-order valence-electron chi connectivity index (χ1n) is 8.80. The molecule has 7 heteroatoms. The van der Waals surface area contributed by atoms with Crippen LogP contribution in [0.25, 0.3) is 6.08 Å². The summed E-state index contributed by atoms with van der Waals surface area (Å²) < 4.78 is 12.5. The number of thioether (sulfide) groups is 1. The predicted molar refractivity (Wildman–Crippen MR) is 108 cm³/mol. The number of ether oxygens (including phenoxy) is 2. The van der Waals surface area contributed by atoms with Crippen LogP contribution < -0.4 is 9.47 Å². The van der Waals surface area contributed by atoms with Crippen LogP contribution in [0.1, 0.15) is 22.5 Å². The Balaban J connectivity index is 1.81. The summed E-state index contributed by atoms with van der Waals surface area (Å²) in [6, 6.07) is 5.60. The summed E-state index contributed by atoms with van der Waals surface area (Å²) in [7, 11) is 5.13. The van der Waals surface area contributed by atoms with Gasteiger partial charge in [0.15, 0.2) is 11.5 Å². The number of amides is 1. The zero-order valence-electron chi connectivity index (χ0n) is 16.4. The number of hydrogen-bond acceptors (Lipinski definition) is 5. The SMILES string of the molecule is COc1ccc(CC(=O)N2CCS/C2=C/c2c(C)nn(C)c2C)cc1OC. The van der Waals surface area contributed by atoms with Crippen LogP contribution in [0, 0.1) is 13.8 Å². The molecular weight excluding hydrogens is 362 g/mol. The van der Waals surface area contributed by atoms with E-state index in [1.807, 2.05) is 48.7 Å². The number of nitrogens with zero attached hydrogens (tertiary/aromatic N) is 3. The Bertz CT molecular complexity index is 889. The van der Waals surface area contributed by atoms with E-state index in [9.17, 15) is 4.79 Å². The second-order valence-corrected chi connectivity index (χ2v) is 7.57. The third kappa shape index (κ3) is 3.98. The van der Waals surface area contributed by atoms with Gasteiger partial charge in [-0.25, -0.2) is 0 Å². The molecule has 1 aliphatic rings. The first-order valence-corrected chi connectivity index (χ1v) is 9.79. The Morgan fingerprint density at radius 1 is 1.26 bits per heavy atom. The van der Waals surface area contributed by atoms with Crippen LogP contribution in [0.3, 0.4) is 0 Å². The molecule has 1 fully saturated rings. The smallest absolute Gasteiger partial charge is 0.231 e. The van der Waals surface area contributed by atoms with Crippen molar-refractivity contribution in [1.82, 2.24) is 14.7 Å². The molecular formula is C20H25N3O3S. The second kappa shape index (κ2) is 8.08. The molecule has 144 valence electrons. The number of hydrogen-bond donors (Lipinski definition) is 0. The van der Waals surface area contributed by atoms with Crippen molar-refractivity contribution in [3.63, 3.8) is 0 Å². The summed E-state index contributed by atoms with van der Waals surface area (Å²) in [6.07, 6.45) is 2.41. The first kappa shape index (κ1) is 19.4. The van der Waals surface area contributed by atoms with Gasteiger partial charge in [-0.05, 0) is 37.6 Å². The number of rotatable bonds is 5. The Hall–Kier alpha value is -2.41. The van der Waals surface area contributed by atoms with Crippen molar-refractivity contribution < 1.29 is 14.3 Å². The molecule has 0 aliphatic carbocycles. The maximum absolute atomic E-state index is 12.9. The van der Waals surface area contributed by atoms with Gasteiger partial charge in [-0.15, -0.1) is 11.8 Å². The molecule has 0 saturated carbocycles. The Kier molecular flexibility index (Phi) is 5.79. The number of aryl methyl sites for hydroxylation is 2. The number of methoxy groups -OCH3 is 2. The van der Waals surface area contributed by atoms with Gasteiger partial charge in [0.1, 0.15) is 0 Å². The third-order valence-electron chi connectivity index (χ3n) is 4.77. The van der Waals surface area contributed by atoms with Crippen LogP contribution in [0.2, 0.25) is 0 Å². The normalized spacial score (nSPS) is 15.4. The van der Waals surface area contributed by atoms with Gasteiger partial charge in [0.25, 0.3) is 0 Å². The standard InChI is InChI=1S/C20H25N3O3S/c1-13-16(14(2)22(3)21-13)12-20-23(8-9-27-20)19(24)11-15-6-7-17(25-4)18(10-15)26-5/h6-7,10,12H,8-9,11H2,1-5H3/b20-12+. The summed E-state index contributed by atoms with van der Waals surface area (Å²) >= 11 is 1.71. The minimum Gasteiger partial charge on any atom is -0.493 e. The average Bonchev–Trinajstić information content (AvgIpc) is 3.22. The van der Waals surface area contributed by atoms with E-state index in [0.717, 1.165) is 39.8 Å². The summed E-state index contributed by atoms with van der Waals surface area (Å²) in [5, 5.41) is 5.45. The molecule has 6 nitrogen and oxygen atoms in total. The van der Waals surface area contributed by atoms with Gasteiger partial charge in [-0.3, -0.25) is 9.48 Å². The lowest BCUT2D eigenvalue weighted by Crippen LogP contribution is -2.28. The van der Waals surface area contributed by atoms with Gasteiger partial charge in [0.2, 0.25) is 5.91 Å².